The van der Waals surface area contributed by atoms with Crippen LogP contribution in [-0.2, 0) is 4.43 Å². The molecule has 0 saturated heterocycles. The van der Waals surface area contributed by atoms with Gasteiger partial charge in [0.1, 0.15) is 0 Å². The van der Waals surface area contributed by atoms with E-state index in [0.717, 1.165) is 25.7 Å². The third kappa shape index (κ3) is 6.53. The Balaban J connectivity index is 0.00000450. The fraction of sp³-hybridized carbons (Fsp3) is 0.923. The standard InChI is InChI=1S/C26H48O2Si.H2S/c1-10-13-20(14-11-18-25(5,6)27)21-16-17-22-23(15-12-19-26(21,22)7)28-29(8,9)24(2,3)4;/h1,20-23,27H,11-19H2,2-9H3;1H2/t20-,21?,22?,23+,26-;/m1./s1. The molecule has 2 unspecified atom stereocenters. The normalized spacial score (nSPS) is 30.9. The summed E-state index contributed by atoms with van der Waals surface area (Å²) in [7, 11) is -1.75. The number of aliphatic hydroxyl groups is 1. The summed E-state index contributed by atoms with van der Waals surface area (Å²) in [6, 6.07) is 0. The van der Waals surface area contributed by atoms with Crippen LogP contribution in [0.3, 0.4) is 0 Å². The monoisotopic (exact) mass is 454 g/mol. The van der Waals surface area contributed by atoms with E-state index >= 15 is 0 Å². The van der Waals surface area contributed by atoms with Gasteiger partial charge in [0, 0.05) is 12.5 Å². The zero-order chi connectivity index (χ0) is 22.1. The molecule has 4 heteroatoms. The van der Waals surface area contributed by atoms with Gasteiger partial charge in [0.05, 0.1) is 5.60 Å². The average molecular weight is 455 g/mol. The van der Waals surface area contributed by atoms with Gasteiger partial charge in [0.25, 0.3) is 0 Å². The Hall–Kier alpha value is 0.0469. The summed E-state index contributed by atoms with van der Waals surface area (Å²) >= 11 is 0. The smallest absolute Gasteiger partial charge is 0.192 e. The van der Waals surface area contributed by atoms with E-state index in [4.69, 9.17) is 10.8 Å². The fourth-order valence-electron chi connectivity index (χ4n) is 6.02. The Kier molecular flexibility index (Phi) is 9.66. The molecule has 0 spiro atoms. The maximum Gasteiger partial charge on any atom is 0.192 e. The lowest BCUT2D eigenvalue weighted by atomic mass is 9.60. The molecule has 2 fully saturated rings. The van der Waals surface area contributed by atoms with Gasteiger partial charge in [-0.05, 0) is 93.7 Å². The van der Waals surface area contributed by atoms with Crippen LogP contribution in [-0.4, -0.2) is 25.1 Å². The SMILES string of the molecule is C#CC[C@H](CCCC(C)(C)O)C1CCC2[C@@H](O[Si](C)(C)C(C)(C)C)CCC[C@]12C.S. The highest BCUT2D eigenvalue weighted by atomic mass is 32.1. The van der Waals surface area contributed by atoms with Crippen molar-refractivity contribution in [2.45, 2.75) is 129 Å². The van der Waals surface area contributed by atoms with E-state index in [9.17, 15) is 5.11 Å². The minimum Gasteiger partial charge on any atom is -0.414 e. The summed E-state index contributed by atoms with van der Waals surface area (Å²) in [5, 5.41) is 10.4. The minimum absolute atomic E-state index is 0. The minimum atomic E-state index is -1.75. The highest BCUT2D eigenvalue weighted by Crippen LogP contribution is 2.60. The molecule has 0 aliphatic heterocycles. The summed E-state index contributed by atoms with van der Waals surface area (Å²) in [6.45, 7) is 18.3. The number of hydrogen-bond donors (Lipinski definition) is 1. The lowest BCUT2D eigenvalue weighted by Gasteiger charge is -2.50. The highest BCUT2D eigenvalue weighted by Gasteiger charge is 2.54. The van der Waals surface area contributed by atoms with Gasteiger partial charge in [-0.2, -0.15) is 13.5 Å². The summed E-state index contributed by atoms with van der Waals surface area (Å²) in [4.78, 5) is 0. The predicted molar refractivity (Wildman–Crippen MR) is 138 cm³/mol. The van der Waals surface area contributed by atoms with Gasteiger partial charge in [-0.15, -0.1) is 12.3 Å². The number of fused-ring (bicyclic) bond motifs is 1. The Morgan fingerprint density at radius 1 is 1.17 bits per heavy atom. The molecule has 0 aromatic heterocycles. The first-order valence-corrected chi connectivity index (χ1v) is 15.0. The quantitative estimate of drug-likeness (QED) is 0.308. The molecule has 0 aromatic rings. The van der Waals surface area contributed by atoms with Gasteiger partial charge in [0.2, 0.25) is 0 Å². The van der Waals surface area contributed by atoms with Crippen molar-refractivity contribution in [1.29, 1.82) is 0 Å². The summed E-state index contributed by atoms with van der Waals surface area (Å²) in [5.74, 6) is 4.96. The third-order valence-electron chi connectivity index (χ3n) is 8.70. The molecule has 2 aliphatic rings. The van der Waals surface area contributed by atoms with E-state index in [1.165, 1.54) is 32.1 Å². The van der Waals surface area contributed by atoms with E-state index in [-0.39, 0.29) is 18.5 Å². The second-order valence-electron chi connectivity index (χ2n) is 12.5. The maximum atomic E-state index is 10.1. The van der Waals surface area contributed by atoms with Crippen LogP contribution in [0.4, 0.5) is 0 Å². The van der Waals surface area contributed by atoms with Crippen molar-refractivity contribution in [3.05, 3.63) is 0 Å². The Morgan fingerprint density at radius 3 is 2.33 bits per heavy atom. The van der Waals surface area contributed by atoms with E-state index < -0.39 is 13.9 Å². The second kappa shape index (κ2) is 10.3. The van der Waals surface area contributed by atoms with Crippen molar-refractivity contribution < 1.29 is 9.53 Å². The van der Waals surface area contributed by atoms with Crippen LogP contribution < -0.4 is 0 Å². The molecule has 0 aromatic carbocycles. The lowest BCUT2D eigenvalue weighted by Crippen LogP contribution is -2.50. The van der Waals surface area contributed by atoms with Gasteiger partial charge >= 0.3 is 0 Å². The lowest BCUT2D eigenvalue weighted by molar-refractivity contribution is -0.0234. The molecule has 2 aliphatic carbocycles. The van der Waals surface area contributed by atoms with Crippen LogP contribution in [0.1, 0.15) is 99.3 Å². The zero-order valence-corrected chi connectivity index (χ0v) is 23.1. The molecular formula is C26H50O2SSi. The molecule has 2 saturated carbocycles. The molecule has 0 radical (unpaired) electrons. The van der Waals surface area contributed by atoms with Crippen molar-refractivity contribution in [3.8, 4) is 12.3 Å². The molecule has 2 rings (SSSR count). The van der Waals surface area contributed by atoms with Crippen LogP contribution >= 0.6 is 13.5 Å². The molecular weight excluding hydrogens is 404 g/mol. The van der Waals surface area contributed by atoms with E-state index in [1.54, 1.807) is 0 Å². The van der Waals surface area contributed by atoms with Crippen LogP contribution in [0.5, 0.6) is 0 Å². The Bertz CT molecular complexity index is 583. The molecule has 5 atom stereocenters. The highest BCUT2D eigenvalue weighted by molar-refractivity contribution is 7.59. The van der Waals surface area contributed by atoms with Crippen LogP contribution in [0.25, 0.3) is 0 Å². The van der Waals surface area contributed by atoms with Crippen molar-refractivity contribution in [2.24, 2.45) is 23.2 Å². The van der Waals surface area contributed by atoms with Crippen molar-refractivity contribution >= 4 is 21.8 Å². The average Bonchev–Trinajstić information content (AvgIpc) is 2.89. The second-order valence-corrected chi connectivity index (χ2v) is 17.2. The molecule has 176 valence electrons. The van der Waals surface area contributed by atoms with Gasteiger partial charge in [-0.25, -0.2) is 0 Å². The Labute approximate surface area is 195 Å². The largest absolute Gasteiger partial charge is 0.414 e. The number of hydrogen-bond acceptors (Lipinski definition) is 2. The Morgan fingerprint density at radius 2 is 1.80 bits per heavy atom. The molecule has 0 amide bonds. The number of rotatable bonds is 8. The summed E-state index contributed by atoms with van der Waals surface area (Å²) in [6.07, 6.45) is 16.6. The molecule has 1 N–H and O–H groups in total. The molecule has 0 heterocycles. The van der Waals surface area contributed by atoms with Crippen molar-refractivity contribution in [1.82, 2.24) is 0 Å². The van der Waals surface area contributed by atoms with E-state index in [2.05, 4.69) is 46.7 Å². The number of terminal acetylenes is 1. The van der Waals surface area contributed by atoms with Gasteiger partial charge < -0.3 is 9.53 Å². The first-order chi connectivity index (χ1) is 13.2. The van der Waals surface area contributed by atoms with Crippen LogP contribution in [0.15, 0.2) is 0 Å². The van der Waals surface area contributed by atoms with Crippen molar-refractivity contribution in [2.75, 3.05) is 0 Å². The van der Waals surface area contributed by atoms with E-state index in [0.29, 0.717) is 29.3 Å². The van der Waals surface area contributed by atoms with Crippen LogP contribution in [0, 0.1) is 35.5 Å². The van der Waals surface area contributed by atoms with Crippen LogP contribution in [0.2, 0.25) is 18.1 Å². The summed E-state index contributed by atoms with van der Waals surface area (Å²) < 4.78 is 7.00. The molecule has 0 bridgehead atoms. The van der Waals surface area contributed by atoms with Gasteiger partial charge in [-0.3, -0.25) is 0 Å². The predicted octanol–water partition coefficient (Wildman–Crippen LogP) is 7.29. The summed E-state index contributed by atoms with van der Waals surface area (Å²) in [5.41, 5.74) is -0.211. The first-order valence-electron chi connectivity index (χ1n) is 12.0. The fourth-order valence-corrected chi connectivity index (χ4v) is 7.42. The topological polar surface area (TPSA) is 29.5 Å². The molecule has 30 heavy (non-hydrogen) atoms. The third-order valence-corrected chi connectivity index (χ3v) is 13.2. The van der Waals surface area contributed by atoms with Gasteiger partial charge in [-0.1, -0.05) is 40.5 Å². The molecule has 2 nitrogen and oxygen atoms in total. The van der Waals surface area contributed by atoms with Crippen molar-refractivity contribution in [3.63, 3.8) is 0 Å². The first kappa shape index (κ1) is 28.1. The van der Waals surface area contributed by atoms with Gasteiger partial charge in [0.15, 0.2) is 8.32 Å². The zero-order valence-electron chi connectivity index (χ0n) is 21.1. The maximum absolute atomic E-state index is 10.1. The van der Waals surface area contributed by atoms with E-state index in [1.807, 2.05) is 13.8 Å².